The van der Waals surface area contributed by atoms with E-state index in [1.165, 1.54) is 6.07 Å². The summed E-state index contributed by atoms with van der Waals surface area (Å²) in [4.78, 5) is 0. The summed E-state index contributed by atoms with van der Waals surface area (Å²) in [6, 6.07) is 8.83. The van der Waals surface area contributed by atoms with Gasteiger partial charge in [-0.3, -0.25) is 5.10 Å². The quantitative estimate of drug-likeness (QED) is 0.680. The third kappa shape index (κ3) is 2.65. The van der Waals surface area contributed by atoms with E-state index in [0.29, 0.717) is 36.6 Å². The van der Waals surface area contributed by atoms with E-state index >= 15 is 0 Å². The SMILES string of the molecule is CCc1cc(-c2n[nH]cc2-c2ccc3c(c2)OCCO3)c(O)cc1O. The molecule has 0 amide bonds. The number of aromatic amines is 1. The van der Waals surface area contributed by atoms with Gasteiger partial charge in [0.1, 0.15) is 30.4 Å². The topological polar surface area (TPSA) is 87.6 Å². The van der Waals surface area contributed by atoms with Crippen molar-refractivity contribution in [3.8, 4) is 45.4 Å². The number of benzene rings is 2. The van der Waals surface area contributed by atoms with Crippen LogP contribution < -0.4 is 9.47 Å². The Morgan fingerprint density at radius 2 is 1.80 bits per heavy atom. The predicted octanol–water partition coefficient (Wildman–Crippen LogP) is 3.49. The van der Waals surface area contributed by atoms with Crippen molar-refractivity contribution in [1.82, 2.24) is 10.2 Å². The van der Waals surface area contributed by atoms with Crippen molar-refractivity contribution in [1.29, 1.82) is 0 Å². The van der Waals surface area contributed by atoms with Crippen LogP contribution in [-0.4, -0.2) is 33.6 Å². The summed E-state index contributed by atoms with van der Waals surface area (Å²) >= 11 is 0. The van der Waals surface area contributed by atoms with Gasteiger partial charge in [0.2, 0.25) is 0 Å². The van der Waals surface area contributed by atoms with Crippen LogP contribution >= 0.6 is 0 Å². The summed E-state index contributed by atoms with van der Waals surface area (Å²) in [5, 5.41) is 27.4. The van der Waals surface area contributed by atoms with Crippen molar-refractivity contribution in [2.24, 2.45) is 0 Å². The average molecular weight is 338 g/mol. The predicted molar refractivity (Wildman–Crippen MR) is 93.2 cm³/mol. The van der Waals surface area contributed by atoms with Crippen LogP contribution in [0.5, 0.6) is 23.0 Å². The van der Waals surface area contributed by atoms with Crippen LogP contribution in [0.25, 0.3) is 22.4 Å². The van der Waals surface area contributed by atoms with E-state index < -0.39 is 0 Å². The first-order valence-electron chi connectivity index (χ1n) is 8.16. The molecule has 25 heavy (non-hydrogen) atoms. The highest BCUT2D eigenvalue weighted by molar-refractivity contribution is 5.84. The van der Waals surface area contributed by atoms with Gasteiger partial charge >= 0.3 is 0 Å². The first-order chi connectivity index (χ1) is 12.2. The van der Waals surface area contributed by atoms with Crippen molar-refractivity contribution in [3.63, 3.8) is 0 Å². The maximum atomic E-state index is 10.3. The summed E-state index contributed by atoms with van der Waals surface area (Å²) in [6.45, 7) is 3.01. The van der Waals surface area contributed by atoms with Gasteiger partial charge in [-0.1, -0.05) is 13.0 Å². The summed E-state index contributed by atoms with van der Waals surface area (Å²) in [7, 11) is 0. The molecule has 1 aliphatic heterocycles. The minimum atomic E-state index is -0.0133. The van der Waals surface area contributed by atoms with Gasteiger partial charge in [0, 0.05) is 23.4 Å². The molecule has 0 unspecified atom stereocenters. The summed E-state index contributed by atoms with van der Waals surface area (Å²) < 4.78 is 11.2. The molecule has 6 nitrogen and oxygen atoms in total. The molecule has 0 saturated carbocycles. The molecule has 0 aliphatic carbocycles. The lowest BCUT2D eigenvalue weighted by atomic mass is 9.98. The maximum absolute atomic E-state index is 10.3. The van der Waals surface area contributed by atoms with Gasteiger partial charge in [-0.15, -0.1) is 0 Å². The van der Waals surface area contributed by atoms with Gasteiger partial charge in [0.25, 0.3) is 0 Å². The van der Waals surface area contributed by atoms with Crippen LogP contribution in [0.2, 0.25) is 0 Å². The molecule has 1 aromatic heterocycles. The molecule has 6 heteroatoms. The number of aromatic hydroxyl groups is 2. The number of hydrogen-bond donors (Lipinski definition) is 3. The lowest BCUT2D eigenvalue weighted by molar-refractivity contribution is 0.171. The van der Waals surface area contributed by atoms with Crippen molar-refractivity contribution >= 4 is 0 Å². The van der Waals surface area contributed by atoms with Gasteiger partial charge in [-0.05, 0) is 35.7 Å². The highest BCUT2D eigenvalue weighted by Gasteiger charge is 2.19. The fourth-order valence-electron chi connectivity index (χ4n) is 3.02. The minimum absolute atomic E-state index is 0.0133. The molecule has 0 fully saturated rings. The molecule has 0 atom stereocenters. The Balaban J connectivity index is 1.82. The van der Waals surface area contributed by atoms with E-state index in [-0.39, 0.29) is 11.5 Å². The highest BCUT2D eigenvalue weighted by atomic mass is 16.6. The number of aryl methyl sites for hydroxylation is 1. The van der Waals surface area contributed by atoms with Crippen LogP contribution in [0.4, 0.5) is 0 Å². The zero-order valence-corrected chi connectivity index (χ0v) is 13.7. The van der Waals surface area contributed by atoms with Gasteiger partial charge in [-0.25, -0.2) is 0 Å². The number of phenols is 2. The molecule has 0 saturated heterocycles. The largest absolute Gasteiger partial charge is 0.508 e. The van der Waals surface area contributed by atoms with Gasteiger partial charge in [0.15, 0.2) is 11.5 Å². The fourth-order valence-corrected chi connectivity index (χ4v) is 3.02. The summed E-state index contributed by atoms with van der Waals surface area (Å²) in [5.41, 5.74) is 3.67. The Bertz CT molecular complexity index is 933. The number of nitrogens with zero attached hydrogens (tertiary/aromatic N) is 1. The zero-order chi connectivity index (χ0) is 17.4. The fraction of sp³-hybridized carbons (Fsp3) is 0.211. The molecular formula is C19H18N2O4. The molecule has 0 spiro atoms. The standard InChI is InChI=1S/C19H18N2O4/c1-2-11-7-13(16(23)9-15(11)22)19-14(10-20-21-19)12-3-4-17-18(8-12)25-6-5-24-17/h3-4,7-10,22-23H,2,5-6H2,1H3,(H,20,21). The van der Waals surface area contributed by atoms with E-state index in [4.69, 9.17) is 9.47 Å². The molecule has 4 rings (SSSR count). The van der Waals surface area contributed by atoms with Crippen LogP contribution in [-0.2, 0) is 6.42 Å². The Morgan fingerprint density at radius 1 is 1.00 bits per heavy atom. The molecule has 3 N–H and O–H groups in total. The zero-order valence-electron chi connectivity index (χ0n) is 13.7. The number of ether oxygens (including phenoxy) is 2. The Morgan fingerprint density at radius 3 is 2.60 bits per heavy atom. The second-order valence-electron chi connectivity index (χ2n) is 5.86. The Labute approximate surface area is 144 Å². The van der Waals surface area contributed by atoms with Crippen molar-refractivity contribution in [2.75, 3.05) is 13.2 Å². The molecule has 0 bridgehead atoms. The van der Waals surface area contributed by atoms with Gasteiger partial charge < -0.3 is 19.7 Å². The van der Waals surface area contributed by atoms with Crippen LogP contribution in [0.15, 0.2) is 36.5 Å². The lowest BCUT2D eigenvalue weighted by Crippen LogP contribution is -2.15. The molecule has 2 aromatic carbocycles. The number of aromatic nitrogens is 2. The smallest absolute Gasteiger partial charge is 0.161 e. The van der Waals surface area contributed by atoms with Crippen molar-refractivity contribution in [3.05, 3.63) is 42.1 Å². The van der Waals surface area contributed by atoms with Crippen molar-refractivity contribution < 1.29 is 19.7 Å². The minimum Gasteiger partial charge on any atom is -0.508 e. The second kappa shape index (κ2) is 6.05. The maximum Gasteiger partial charge on any atom is 0.161 e. The third-order valence-electron chi connectivity index (χ3n) is 4.33. The molecule has 1 aliphatic rings. The third-order valence-corrected chi connectivity index (χ3v) is 4.33. The number of fused-ring (bicyclic) bond motifs is 1. The number of H-pyrrole nitrogens is 1. The molecule has 3 aromatic rings. The molecule has 0 radical (unpaired) electrons. The average Bonchev–Trinajstić information content (AvgIpc) is 3.11. The van der Waals surface area contributed by atoms with E-state index in [1.807, 2.05) is 25.1 Å². The molecule has 2 heterocycles. The van der Waals surface area contributed by atoms with Gasteiger partial charge in [-0.2, -0.15) is 5.10 Å². The normalized spacial score (nSPS) is 13.0. The Kier molecular flexibility index (Phi) is 3.72. The number of rotatable bonds is 3. The number of nitrogens with one attached hydrogen (secondary N) is 1. The second-order valence-corrected chi connectivity index (χ2v) is 5.86. The van der Waals surface area contributed by atoms with Crippen LogP contribution in [0, 0.1) is 0 Å². The Hall–Kier alpha value is -3.15. The summed E-state index contributed by atoms with van der Waals surface area (Å²) in [5.74, 6) is 1.49. The van der Waals surface area contributed by atoms with Crippen LogP contribution in [0.1, 0.15) is 12.5 Å². The first-order valence-corrected chi connectivity index (χ1v) is 8.16. The van der Waals surface area contributed by atoms with E-state index in [0.717, 1.165) is 22.4 Å². The van der Waals surface area contributed by atoms with E-state index in [1.54, 1.807) is 12.3 Å². The monoisotopic (exact) mass is 338 g/mol. The first kappa shape index (κ1) is 15.4. The lowest BCUT2D eigenvalue weighted by Gasteiger charge is -2.19. The van der Waals surface area contributed by atoms with Crippen molar-refractivity contribution in [2.45, 2.75) is 13.3 Å². The molecule has 128 valence electrons. The number of hydrogen-bond acceptors (Lipinski definition) is 5. The molecular weight excluding hydrogens is 320 g/mol. The van der Waals surface area contributed by atoms with Crippen LogP contribution in [0.3, 0.4) is 0 Å². The highest BCUT2D eigenvalue weighted by Crippen LogP contribution is 2.41. The van der Waals surface area contributed by atoms with E-state index in [2.05, 4.69) is 10.2 Å². The van der Waals surface area contributed by atoms with E-state index in [9.17, 15) is 10.2 Å². The van der Waals surface area contributed by atoms with Gasteiger partial charge in [0.05, 0.1) is 0 Å². The summed E-state index contributed by atoms with van der Waals surface area (Å²) in [6.07, 6.45) is 2.43. The number of phenolic OH excluding ortho intramolecular Hbond substituents is 2.